The van der Waals surface area contributed by atoms with Gasteiger partial charge in [-0.15, -0.1) is 0 Å². The van der Waals surface area contributed by atoms with Crippen LogP contribution in [0.15, 0.2) is 53.7 Å². The predicted octanol–water partition coefficient (Wildman–Crippen LogP) is 1.05. The minimum Gasteiger partial charge on any atom is -0.542 e. The number of amides is 1. The van der Waals surface area contributed by atoms with Gasteiger partial charge in [-0.3, -0.25) is 14.9 Å². The number of aliphatic carboxylic acids is 2. The number of likely N-dealkylation sites (tertiary alicyclic amines) is 1. The summed E-state index contributed by atoms with van der Waals surface area (Å²) in [7, 11) is 2.20. The third kappa shape index (κ3) is 14.4. The van der Waals surface area contributed by atoms with Crippen molar-refractivity contribution in [2.75, 3.05) is 20.1 Å². The zero-order valence-electron chi connectivity index (χ0n) is 27.1. The second-order valence-corrected chi connectivity index (χ2v) is 11.7. The molecular weight excluding hydrogens is 662 g/mol. The number of nitrogens with two attached hydrogens (primary N) is 1. The van der Waals surface area contributed by atoms with Gasteiger partial charge in [-0.25, -0.2) is 4.99 Å². The van der Waals surface area contributed by atoms with Gasteiger partial charge in [0.25, 0.3) is 0 Å². The van der Waals surface area contributed by atoms with Crippen LogP contribution in [0.4, 0.5) is 26.3 Å². The molecule has 1 saturated heterocycles. The minimum absolute atomic E-state index is 0.0920. The van der Waals surface area contributed by atoms with E-state index in [0.29, 0.717) is 18.6 Å². The molecule has 4 N–H and O–H groups in total. The Bertz CT molecular complexity index is 1480. The predicted molar refractivity (Wildman–Crippen MR) is 163 cm³/mol. The van der Waals surface area contributed by atoms with Crippen LogP contribution in [0.5, 0.6) is 0 Å². The molecule has 2 aromatic carbocycles. The van der Waals surface area contributed by atoms with E-state index in [1.165, 1.54) is 15.7 Å². The number of Topliss-reactive ketones (excluding diaryl/α,β-unsaturated/α-hetero) is 1. The number of nitrogens with one attached hydrogen (secondary N) is 2. The van der Waals surface area contributed by atoms with Crippen LogP contribution in [-0.2, 0) is 19.2 Å². The number of unbranched alkanes of at least 4 members (excludes halogenated alkanes) is 2. The number of aliphatic imine (C=N–C) groups is 1. The molecule has 0 aliphatic carbocycles. The molecule has 1 amide bonds. The summed E-state index contributed by atoms with van der Waals surface area (Å²) < 4.78 is 63.1. The van der Waals surface area contributed by atoms with Crippen molar-refractivity contribution in [2.45, 2.75) is 76.7 Å². The van der Waals surface area contributed by atoms with Crippen LogP contribution in [0.3, 0.4) is 0 Å². The number of nitrogens with zero attached hydrogens (tertiary/aromatic N) is 1. The molecule has 1 atom stereocenters. The lowest BCUT2D eigenvalue weighted by Gasteiger charge is -2.27. The number of rotatable bonds is 11. The molecule has 0 bridgehead atoms. The summed E-state index contributed by atoms with van der Waals surface area (Å²) in [6.07, 6.45) is -1.57. The Hall–Kier alpha value is -4.31. The summed E-state index contributed by atoms with van der Waals surface area (Å²) in [5, 5.41) is 25.5. The topological polar surface area (TPSA) is 160 Å². The van der Waals surface area contributed by atoms with Crippen molar-refractivity contribution >= 4 is 45.9 Å². The lowest BCUT2D eigenvalue weighted by Crippen LogP contribution is -3.10. The highest BCUT2D eigenvalue weighted by Crippen LogP contribution is 2.20. The number of alkyl halides is 6. The van der Waals surface area contributed by atoms with Crippen LogP contribution in [-0.4, -0.2) is 68.0 Å². The number of carboxylic acid groups (broad SMARTS) is 2. The number of quaternary nitrogens is 2. The van der Waals surface area contributed by atoms with E-state index >= 15 is 0 Å². The molecule has 4 rings (SSSR count). The Balaban J connectivity index is 0.000000500. The van der Waals surface area contributed by atoms with Gasteiger partial charge in [-0.05, 0) is 35.7 Å². The number of amidine groups is 1. The molecule has 2 aliphatic rings. The SMILES string of the molecule is CCC(=O)CCCCC[C@@H](NC(=O)C1CC[NH+](C)CC1)C1=NC=C(c2ccc3ccccc3c2)[NH2+]1.O=C([O-])C(F)(F)F.O=C([O-])C(F)(F)F. The summed E-state index contributed by atoms with van der Waals surface area (Å²) in [5.41, 5.74) is 2.23. The molecule has 0 spiro atoms. The number of hydrogen-bond acceptors (Lipinski definition) is 7. The van der Waals surface area contributed by atoms with Crippen molar-refractivity contribution in [3.05, 3.63) is 54.2 Å². The van der Waals surface area contributed by atoms with E-state index in [-0.39, 0.29) is 17.9 Å². The van der Waals surface area contributed by atoms with Crippen molar-refractivity contribution in [1.82, 2.24) is 5.32 Å². The quantitative estimate of drug-likeness (QED) is 0.235. The summed E-state index contributed by atoms with van der Waals surface area (Å²) in [5.74, 6) is -4.49. The first-order valence-corrected chi connectivity index (χ1v) is 15.7. The van der Waals surface area contributed by atoms with Crippen molar-refractivity contribution in [3.8, 4) is 0 Å². The first kappa shape index (κ1) is 40.9. The Labute approximate surface area is 279 Å². The highest BCUT2D eigenvalue weighted by molar-refractivity contribution is 5.92. The zero-order valence-corrected chi connectivity index (χ0v) is 27.1. The van der Waals surface area contributed by atoms with Crippen molar-refractivity contribution < 1.29 is 66.0 Å². The van der Waals surface area contributed by atoms with Crippen LogP contribution in [0, 0.1) is 5.92 Å². The average molecular weight is 703 g/mol. The maximum absolute atomic E-state index is 13.1. The summed E-state index contributed by atoms with van der Waals surface area (Å²) in [6.45, 7) is 4.02. The van der Waals surface area contributed by atoms with Gasteiger partial charge in [0.2, 0.25) is 11.7 Å². The fourth-order valence-electron chi connectivity index (χ4n) is 5.08. The van der Waals surface area contributed by atoms with E-state index in [1.807, 2.05) is 13.1 Å². The maximum atomic E-state index is 13.1. The Morgan fingerprint density at radius 1 is 0.918 bits per heavy atom. The van der Waals surface area contributed by atoms with E-state index in [1.54, 1.807) is 0 Å². The molecule has 0 saturated carbocycles. The molecule has 16 heteroatoms. The molecule has 0 unspecified atom stereocenters. The third-order valence-electron chi connectivity index (χ3n) is 7.93. The molecule has 2 heterocycles. The van der Waals surface area contributed by atoms with E-state index in [9.17, 15) is 35.9 Å². The van der Waals surface area contributed by atoms with Gasteiger partial charge in [-0.1, -0.05) is 50.1 Å². The van der Waals surface area contributed by atoms with E-state index in [4.69, 9.17) is 24.8 Å². The molecular formula is C33H40F6N4O6. The monoisotopic (exact) mass is 702 g/mol. The second-order valence-electron chi connectivity index (χ2n) is 11.7. The first-order chi connectivity index (χ1) is 22.9. The minimum atomic E-state index is -5.19. The largest absolute Gasteiger partial charge is 0.542 e. The summed E-state index contributed by atoms with van der Waals surface area (Å²) >= 11 is 0. The maximum Gasteiger partial charge on any atom is 0.430 e. The highest BCUT2D eigenvalue weighted by atomic mass is 19.4. The van der Waals surface area contributed by atoms with Gasteiger partial charge in [0.15, 0.2) is 5.70 Å². The molecule has 0 radical (unpaired) electrons. The number of halogens is 6. The molecule has 2 aliphatic heterocycles. The van der Waals surface area contributed by atoms with Gasteiger partial charge in [0.05, 0.1) is 26.3 Å². The number of hydrogen-bond donors (Lipinski definition) is 3. The zero-order chi connectivity index (χ0) is 36.8. The third-order valence-corrected chi connectivity index (χ3v) is 7.93. The molecule has 49 heavy (non-hydrogen) atoms. The Morgan fingerprint density at radius 3 is 2.04 bits per heavy atom. The number of benzene rings is 2. The molecule has 10 nitrogen and oxygen atoms in total. The van der Waals surface area contributed by atoms with Gasteiger partial charge >= 0.3 is 12.4 Å². The standard InChI is InChI=1S/C29H38N4O2.2C2HF3O2/c1-3-25(34)11-5-4-6-12-26(32-29(35)22-15-17-33(2)18-16-22)28-30-20-27(31-28)24-14-13-21-9-7-8-10-23(21)19-24;2*3-2(4,5)1(6)7/h7-10,13-14,19-20,22,26H,3-6,11-12,15-18H2,1-2H3,(H,30,31)(H,32,35);2*(H,6,7)/t26-;;/m1../s1. The molecule has 0 aromatic heterocycles. The van der Waals surface area contributed by atoms with Crippen molar-refractivity contribution in [3.63, 3.8) is 0 Å². The van der Waals surface area contributed by atoms with Gasteiger partial charge < -0.3 is 30.0 Å². The fraction of sp³-hybridized carbons (Fsp3) is 0.485. The second kappa shape index (κ2) is 19.0. The molecule has 1 fully saturated rings. The van der Waals surface area contributed by atoms with Gasteiger partial charge in [-0.2, -0.15) is 26.3 Å². The number of carboxylic acids is 2. The molecule has 270 valence electrons. The van der Waals surface area contributed by atoms with Crippen LogP contribution >= 0.6 is 0 Å². The summed E-state index contributed by atoms with van der Waals surface area (Å²) in [6, 6.07) is 14.8. The van der Waals surface area contributed by atoms with Gasteiger partial charge in [0.1, 0.15) is 23.8 Å². The van der Waals surface area contributed by atoms with E-state index in [2.05, 4.69) is 60.1 Å². The van der Waals surface area contributed by atoms with Crippen molar-refractivity contribution in [2.24, 2.45) is 10.9 Å². The Morgan fingerprint density at radius 2 is 1.49 bits per heavy atom. The Kier molecular flexibility index (Phi) is 15.9. The smallest absolute Gasteiger partial charge is 0.430 e. The lowest BCUT2D eigenvalue weighted by molar-refractivity contribution is -0.885. The average Bonchev–Trinajstić information content (AvgIpc) is 3.54. The highest BCUT2D eigenvalue weighted by Gasteiger charge is 2.32. The van der Waals surface area contributed by atoms with Crippen molar-refractivity contribution in [1.29, 1.82) is 0 Å². The first-order valence-electron chi connectivity index (χ1n) is 15.7. The normalized spacial score (nSPS) is 18.1. The van der Waals surface area contributed by atoms with Crippen LogP contribution < -0.4 is 25.7 Å². The van der Waals surface area contributed by atoms with Crippen LogP contribution in [0.1, 0.15) is 63.9 Å². The number of carbonyl (C=O) groups is 4. The molecule has 2 aromatic rings. The lowest BCUT2D eigenvalue weighted by atomic mass is 9.95. The van der Waals surface area contributed by atoms with Gasteiger partial charge in [0, 0.05) is 37.2 Å². The van der Waals surface area contributed by atoms with E-state index in [0.717, 1.165) is 68.7 Å². The van der Waals surface area contributed by atoms with Crippen LogP contribution in [0.2, 0.25) is 0 Å². The number of carbonyl (C=O) groups excluding carboxylic acids is 4. The number of fused-ring (bicyclic) bond motifs is 1. The van der Waals surface area contributed by atoms with Crippen LogP contribution in [0.25, 0.3) is 16.5 Å². The fourth-order valence-corrected chi connectivity index (χ4v) is 5.08. The number of piperidine rings is 1. The number of ketones is 1. The summed E-state index contributed by atoms with van der Waals surface area (Å²) in [4.78, 5) is 48.6. The van der Waals surface area contributed by atoms with E-state index < -0.39 is 24.3 Å².